The molecule has 0 aromatic heterocycles. The molecule has 0 unspecified atom stereocenters. The Hall–Kier alpha value is -1.84. The van der Waals surface area contributed by atoms with Crippen LogP contribution in [0.4, 0.5) is 0 Å². The number of likely N-dealkylation sites (tertiary alicyclic amines) is 1. The van der Waals surface area contributed by atoms with E-state index in [-0.39, 0.29) is 11.8 Å². The van der Waals surface area contributed by atoms with Gasteiger partial charge in [0.15, 0.2) is 0 Å². The molecule has 1 saturated heterocycles. The molecular formula is C17H22N2O2. The Kier molecular flexibility index (Phi) is 4.23. The molecule has 0 spiro atoms. The van der Waals surface area contributed by atoms with Crippen molar-refractivity contribution in [1.82, 2.24) is 4.90 Å². The average molecular weight is 286 g/mol. The van der Waals surface area contributed by atoms with E-state index in [4.69, 9.17) is 0 Å². The summed E-state index contributed by atoms with van der Waals surface area (Å²) in [5.41, 5.74) is 1.55. The highest BCUT2D eigenvalue weighted by molar-refractivity contribution is 6.04. The average Bonchev–Trinajstić information content (AvgIpc) is 2.92. The zero-order valence-corrected chi connectivity index (χ0v) is 12.2. The van der Waals surface area contributed by atoms with Gasteiger partial charge in [-0.05, 0) is 18.4 Å². The molecule has 1 amide bonds. The van der Waals surface area contributed by atoms with Gasteiger partial charge in [-0.15, -0.1) is 0 Å². The summed E-state index contributed by atoms with van der Waals surface area (Å²) in [6, 6.07) is 10.1. The Labute approximate surface area is 125 Å². The van der Waals surface area contributed by atoms with E-state index < -0.39 is 0 Å². The van der Waals surface area contributed by atoms with E-state index in [1.54, 1.807) is 0 Å². The highest BCUT2D eigenvalue weighted by atomic mass is 16.4. The maximum atomic E-state index is 12.3. The fourth-order valence-electron chi connectivity index (χ4n) is 3.64. The van der Waals surface area contributed by atoms with Gasteiger partial charge in [-0.25, -0.2) is 0 Å². The van der Waals surface area contributed by atoms with Crippen molar-refractivity contribution >= 4 is 11.6 Å². The third-order valence-corrected chi connectivity index (χ3v) is 4.74. The molecule has 112 valence electrons. The van der Waals surface area contributed by atoms with Crippen molar-refractivity contribution in [3.05, 3.63) is 35.9 Å². The molecule has 4 nitrogen and oxygen atoms in total. The summed E-state index contributed by atoms with van der Waals surface area (Å²) in [4.78, 5) is 14.4. The lowest BCUT2D eigenvalue weighted by atomic mass is 9.94. The first kappa shape index (κ1) is 14.1. The van der Waals surface area contributed by atoms with Crippen LogP contribution in [0.3, 0.4) is 0 Å². The number of benzene rings is 1. The van der Waals surface area contributed by atoms with Crippen molar-refractivity contribution in [1.29, 1.82) is 0 Å². The summed E-state index contributed by atoms with van der Waals surface area (Å²) in [5.74, 6) is 0.218. The second-order valence-corrected chi connectivity index (χ2v) is 6.09. The Morgan fingerprint density at radius 1 is 1.14 bits per heavy atom. The van der Waals surface area contributed by atoms with Crippen molar-refractivity contribution < 1.29 is 10.0 Å². The third kappa shape index (κ3) is 2.94. The predicted octanol–water partition coefficient (Wildman–Crippen LogP) is 3.05. The van der Waals surface area contributed by atoms with Crippen molar-refractivity contribution in [3.8, 4) is 0 Å². The Balaban J connectivity index is 1.74. The van der Waals surface area contributed by atoms with Gasteiger partial charge >= 0.3 is 0 Å². The molecule has 1 aromatic carbocycles. The fraction of sp³-hybridized carbons (Fsp3) is 0.529. The SMILES string of the molecule is O=C1C[C@H](/C(=N/O)c2ccccc2)CN1C1CCCCC1. The molecule has 1 aliphatic heterocycles. The molecule has 1 saturated carbocycles. The lowest BCUT2D eigenvalue weighted by Crippen LogP contribution is -2.38. The van der Waals surface area contributed by atoms with Crippen molar-refractivity contribution in [3.63, 3.8) is 0 Å². The first-order valence-corrected chi connectivity index (χ1v) is 7.86. The monoisotopic (exact) mass is 286 g/mol. The molecular weight excluding hydrogens is 264 g/mol. The van der Waals surface area contributed by atoms with Gasteiger partial charge in [-0.2, -0.15) is 0 Å². The molecule has 1 atom stereocenters. The van der Waals surface area contributed by atoms with E-state index in [1.165, 1.54) is 19.3 Å². The molecule has 1 aliphatic carbocycles. The van der Waals surface area contributed by atoms with E-state index in [0.29, 0.717) is 24.7 Å². The highest BCUT2D eigenvalue weighted by Crippen LogP contribution is 2.30. The summed E-state index contributed by atoms with van der Waals surface area (Å²) in [5, 5.41) is 12.9. The second kappa shape index (κ2) is 6.29. The summed E-state index contributed by atoms with van der Waals surface area (Å²) in [6.45, 7) is 0.692. The van der Waals surface area contributed by atoms with Gasteiger partial charge in [0.25, 0.3) is 0 Å². The lowest BCUT2D eigenvalue weighted by Gasteiger charge is -2.31. The van der Waals surface area contributed by atoms with Crippen LogP contribution >= 0.6 is 0 Å². The maximum Gasteiger partial charge on any atom is 0.223 e. The lowest BCUT2D eigenvalue weighted by molar-refractivity contribution is -0.130. The number of amides is 1. The van der Waals surface area contributed by atoms with Crippen LogP contribution in [0.1, 0.15) is 44.1 Å². The topological polar surface area (TPSA) is 52.9 Å². The van der Waals surface area contributed by atoms with Crippen LogP contribution in [0, 0.1) is 5.92 Å². The fourth-order valence-corrected chi connectivity index (χ4v) is 3.64. The maximum absolute atomic E-state index is 12.3. The molecule has 0 radical (unpaired) electrons. The third-order valence-electron chi connectivity index (χ3n) is 4.74. The number of carbonyl (C=O) groups is 1. The standard InChI is InChI=1S/C17H22N2O2/c20-16-11-14(12-19(16)15-9-5-2-6-10-15)17(18-21)13-7-3-1-4-8-13/h1,3-4,7-8,14-15,21H,2,5-6,9-12H2/b18-17+/t14-/m0/s1. The van der Waals surface area contributed by atoms with Crippen molar-refractivity contribution in [2.75, 3.05) is 6.54 Å². The minimum absolute atomic E-state index is 0.00632. The molecule has 21 heavy (non-hydrogen) atoms. The van der Waals surface area contributed by atoms with Gasteiger partial charge in [0.2, 0.25) is 5.91 Å². The molecule has 2 fully saturated rings. The Morgan fingerprint density at radius 3 is 2.52 bits per heavy atom. The zero-order chi connectivity index (χ0) is 14.7. The van der Waals surface area contributed by atoms with E-state index >= 15 is 0 Å². The van der Waals surface area contributed by atoms with Gasteiger partial charge in [-0.3, -0.25) is 4.79 Å². The summed E-state index contributed by atoms with van der Waals surface area (Å²) in [6.07, 6.45) is 6.43. The first-order valence-electron chi connectivity index (χ1n) is 7.86. The quantitative estimate of drug-likeness (QED) is 0.527. The molecule has 3 rings (SSSR count). The van der Waals surface area contributed by atoms with E-state index in [1.807, 2.05) is 35.2 Å². The van der Waals surface area contributed by atoms with Crippen molar-refractivity contribution in [2.24, 2.45) is 11.1 Å². The normalized spacial score (nSPS) is 24.6. The van der Waals surface area contributed by atoms with E-state index in [0.717, 1.165) is 18.4 Å². The second-order valence-electron chi connectivity index (χ2n) is 6.09. The van der Waals surface area contributed by atoms with E-state index in [9.17, 15) is 10.0 Å². The van der Waals surface area contributed by atoms with Crippen molar-refractivity contribution in [2.45, 2.75) is 44.6 Å². The van der Waals surface area contributed by atoms with Gasteiger partial charge in [0.05, 0.1) is 5.71 Å². The van der Waals surface area contributed by atoms with Crippen LogP contribution in [0.15, 0.2) is 35.5 Å². The number of hydrogen-bond acceptors (Lipinski definition) is 3. The minimum Gasteiger partial charge on any atom is -0.411 e. The van der Waals surface area contributed by atoms with Crippen LogP contribution in [-0.2, 0) is 4.79 Å². The Bertz CT molecular complexity index is 521. The molecule has 1 heterocycles. The molecule has 2 aliphatic rings. The summed E-state index contributed by atoms with van der Waals surface area (Å²) < 4.78 is 0. The number of nitrogens with zero attached hydrogens (tertiary/aromatic N) is 2. The summed E-state index contributed by atoms with van der Waals surface area (Å²) >= 11 is 0. The van der Waals surface area contributed by atoms with Crippen LogP contribution in [-0.4, -0.2) is 34.3 Å². The first-order chi connectivity index (χ1) is 10.3. The smallest absolute Gasteiger partial charge is 0.223 e. The van der Waals surface area contributed by atoms with Gasteiger partial charge < -0.3 is 10.1 Å². The van der Waals surface area contributed by atoms with Crippen LogP contribution < -0.4 is 0 Å². The number of oxime groups is 1. The number of rotatable bonds is 3. The zero-order valence-electron chi connectivity index (χ0n) is 12.2. The largest absolute Gasteiger partial charge is 0.411 e. The summed E-state index contributed by atoms with van der Waals surface area (Å²) in [7, 11) is 0. The molecule has 1 aromatic rings. The van der Waals surface area contributed by atoms with Gasteiger partial charge in [-0.1, -0.05) is 54.8 Å². The van der Waals surface area contributed by atoms with Gasteiger partial charge in [0.1, 0.15) is 0 Å². The number of carbonyl (C=O) groups excluding carboxylic acids is 1. The minimum atomic E-state index is 0.00632. The highest BCUT2D eigenvalue weighted by Gasteiger charge is 2.37. The van der Waals surface area contributed by atoms with Crippen LogP contribution in [0.2, 0.25) is 0 Å². The molecule has 1 N–H and O–H groups in total. The molecule has 0 bridgehead atoms. The predicted molar refractivity (Wildman–Crippen MR) is 81.5 cm³/mol. The molecule has 4 heteroatoms. The van der Waals surface area contributed by atoms with Crippen LogP contribution in [0.25, 0.3) is 0 Å². The van der Waals surface area contributed by atoms with Crippen LogP contribution in [0.5, 0.6) is 0 Å². The van der Waals surface area contributed by atoms with E-state index in [2.05, 4.69) is 5.16 Å². The van der Waals surface area contributed by atoms with Gasteiger partial charge in [0, 0.05) is 24.9 Å². The number of hydrogen-bond donors (Lipinski definition) is 1. The Morgan fingerprint density at radius 2 is 1.86 bits per heavy atom.